The molecule has 0 saturated carbocycles. The summed E-state index contributed by atoms with van der Waals surface area (Å²) in [5, 5.41) is 0. The fourth-order valence-corrected chi connectivity index (χ4v) is 2.86. The molecule has 0 spiro atoms. The molecule has 1 aliphatic carbocycles. The van der Waals surface area contributed by atoms with Crippen molar-refractivity contribution in [3.05, 3.63) is 53.4 Å². The molecule has 0 bridgehead atoms. The van der Waals surface area contributed by atoms with Crippen LogP contribution in [0.15, 0.2) is 42.2 Å². The van der Waals surface area contributed by atoms with Crippen LogP contribution in [0.4, 0.5) is 0 Å². The third-order valence-electron chi connectivity index (χ3n) is 4.08. The predicted octanol–water partition coefficient (Wildman–Crippen LogP) is 3.93. The Morgan fingerprint density at radius 1 is 1.00 bits per heavy atom. The first-order valence-corrected chi connectivity index (χ1v) is 7.35. The molecule has 0 unspecified atom stereocenters. The van der Waals surface area contributed by atoms with Gasteiger partial charge in [0.2, 0.25) is 0 Å². The molecule has 1 aliphatic rings. The Hall–Kier alpha value is -2.16. The lowest BCUT2D eigenvalue weighted by Crippen LogP contribution is -2.04. The highest BCUT2D eigenvalue weighted by molar-refractivity contribution is 5.64. The molecule has 2 aromatic rings. The lowest BCUT2D eigenvalue weighted by molar-refractivity contribution is 0.354. The fraction of sp³-hybridized carbons (Fsp3) is 0.333. The van der Waals surface area contributed by atoms with Crippen molar-refractivity contribution >= 4 is 6.08 Å². The van der Waals surface area contributed by atoms with Crippen molar-refractivity contribution in [2.24, 2.45) is 0 Å². The van der Waals surface area contributed by atoms with Crippen molar-refractivity contribution in [1.29, 1.82) is 0 Å². The lowest BCUT2D eigenvalue weighted by Gasteiger charge is -2.19. The molecule has 21 heavy (non-hydrogen) atoms. The van der Waals surface area contributed by atoms with Gasteiger partial charge in [-0.3, -0.25) is 0 Å². The molecule has 1 heterocycles. The summed E-state index contributed by atoms with van der Waals surface area (Å²) >= 11 is 0. The maximum absolute atomic E-state index is 5.40. The molecule has 0 aliphatic heterocycles. The summed E-state index contributed by atoms with van der Waals surface area (Å²) in [6.07, 6.45) is 9.85. The molecule has 3 heteroatoms. The smallest absolute Gasteiger partial charge is 0.161 e. The van der Waals surface area contributed by atoms with Crippen molar-refractivity contribution in [3.63, 3.8) is 0 Å². The van der Waals surface area contributed by atoms with Gasteiger partial charge in [-0.25, -0.2) is 0 Å². The van der Waals surface area contributed by atoms with Crippen LogP contribution in [0.1, 0.15) is 24.0 Å². The molecule has 110 valence electrons. The van der Waals surface area contributed by atoms with E-state index in [-0.39, 0.29) is 0 Å². The summed E-state index contributed by atoms with van der Waals surface area (Å²) in [4.78, 5) is 0. The van der Waals surface area contributed by atoms with Crippen LogP contribution >= 0.6 is 0 Å². The van der Waals surface area contributed by atoms with Crippen molar-refractivity contribution in [3.8, 4) is 11.5 Å². The zero-order chi connectivity index (χ0) is 14.7. The van der Waals surface area contributed by atoms with E-state index < -0.39 is 0 Å². The van der Waals surface area contributed by atoms with Crippen molar-refractivity contribution in [2.75, 3.05) is 14.2 Å². The third-order valence-corrected chi connectivity index (χ3v) is 4.08. The zero-order valence-electron chi connectivity index (χ0n) is 12.6. The number of fused-ring (bicyclic) bond motifs is 1. The minimum atomic E-state index is 0.805. The van der Waals surface area contributed by atoms with Crippen LogP contribution in [0.3, 0.4) is 0 Å². The van der Waals surface area contributed by atoms with Gasteiger partial charge < -0.3 is 14.0 Å². The minimum absolute atomic E-state index is 0.805. The van der Waals surface area contributed by atoms with Gasteiger partial charge in [-0.2, -0.15) is 0 Å². The molecule has 3 rings (SSSR count). The SMILES string of the molecule is COc1cc2c(cc1OC)CCC(CCn1cccc1)=C2. The summed E-state index contributed by atoms with van der Waals surface area (Å²) in [5.74, 6) is 1.62. The normalized spacial score (nSPS) is 13.5. The number of rotatable bonds is 5. The Kier molecular flexibility index (Phi) is 4.00. The second-order valence-electron chi connectivity index (χ2n) is 5.38. The van der Waals surface area contributed by atoms with Gasteiger partial charge in [0.05, 0.1) is 14.2 Å². The number of allylic oxidation sites excluding steroid dienone is 1. The summed E-state index contributed by atoms with van der Waals surface area (Å²) < 4.78 is 13.0. The topological polar surface area (TPSA) is 23.4 Å². The Morgan fingerprint density at radius 3 is 2.43 bits per heavy atom. The Morgan fingerprint density at radius 2 is 1.71 bits per heavy atom. The van der Waals surface area contributed by atoms with Crippen molar-refractivity contribution < 1.29 is 9.47 Å². The molecule has 0 atom stereocenters. The molecule has 0 radical (unpaired) electrons. The largest absolute Gasteiger partial charge is 0.493 e. The number of ether oxygens (including phenoxy) is 2. The van der Waals surface area contributed by atoms with Crippen LogP contribution in [0, 0.1) is 0 Å². The Bertz CT molecular complexity index is 641. The maximum atomic E-state index is 5.40. The first kappa shape index (κ1) is 13.8. The first-order chi connectivity index (χ1) is 10.3. The van der Waals surface area contributed by atoms with E-state index in [1.807, 2.05) is 0 Å². The highest BCUT2D eigenvalue weighted by Crippen LogP contribution is 2.35. The summed E-state index contributed by atoms with van der Waals surface area (Å²) in [7, 11) is 3.37. The van der Waals surface area contributed by atoms with E-state index in [9.17, 15) is 0 Å². The van der Waals surface area contributed by atoms with E-state index in [4.69, 9.17) is 9.47 Å². The van der Waals surface area contributed by atoms with Crippen LogP contribution in [0.5, 0.6) is 11.5 Å². The van der Waals surface area contributed by atoms with Crippen LogP contribution in [-0.4, -0.2) is 18.8 Å². The molecule has 1 aromatic carbocycles. The number of hydrogen-bond acceptors (Lipinski definition) is 2. The molecule has 0 fully saturated rings. The first-order valence-electron chi connectivity index (χ1n) is 7.35. The average molecular weight is 283 g/mol. The number of aromatic nitrogens is 1. The number of benzene rings is 1. The van der Waals surface area contributed by atoms with E-state index >= 15 is 0 Å². The monoisotopic (exact) mass is 283 g/mol. The van der Waals surface area contributed by atoms with Gasteiger partial charge in [-0.1, -0.05) is 11.6 Å². The van der Waals surface area contributed by atoms with Gasteiger partial charge in [0.15, 0.2) is 11.5 Å². The second-order valence-corrected chi connectivity index (χ2v) is 5.38. The van der Waals surface area contributed by atoms with Gasteiger partial charge in [0.25, 0.3) is 0 Å². The fourth-order valence-electron chi connectivity index (χ4n) is 2.86. The molecular formula is C18H21NO2. The van der Waals surface area contributed by atoms with Gasteiger partial charge in [-0.15, -0.1) is 0 Å². The second kappa shape index (κ2) is 6.08. The van der Waals surface area contributed by atoms with E-state index in [1.165, 1.54) is 16.7 Å². The molecule has 0 N–H and O–H groups in total. The van der Waals surface area contributed by atoms with Gasteiger partial charge in [-0.05, 0) is 54.7 Å². The number of hydrogen-bond donors (Lipinski definition) is 0. The Balaban J connectivity index is 1.79. The molecule has 3 nitrogen and oxygen atoms in total. The van der Waals surface area contributed by atoms with Gasteiger partial charge >= 0.3 is 0 Å². The summed E-state index contributed by atoms with van der Waals surface area (Å²) in [6.45, 7) is 1.04. The lowest BCUT2D eigenvalue weighted by atomic mass is 9.90. The summed E-state index contributed by atoms with van der Waals surface area (Å²) in [5.41, 5.74) is 4.11. The highest BCUT2D eigenvalue weighted by Gasteiger charge is 2.14. The highest BCUT2D eigenvalue weighted by atomic mass is 16.5. The van der Waals surface area contributed by atoms with Gasteiger partial charge in [0, 0.05) is 18.9 Å². The van der Waals surface area contributed by atoms with E-state index in [1.54, 1.807) is 14.2 Å². The van der Waals surface area contributed by atoms with Crippen LogP contribution in [0.25, 0.3) is 6.08 Å². The zero-order valence-corrected chi connectivity index (χ0v) is 12.6. The van der Waals surface area contributed by atoms with Crippen molar-refractivity contribution in [2.45, 2.75) is 25.8 Å². The van der Waals surface area contributed by atoms with E-state index in [0.717, 1.165) is 37.3 Å². The predicted molar refractivity (Wildman–Crippen MR) is 84.9 cm³/mol. The third kappa shape index (κ3) is 2.97. The van der Waals surface area contributed by atoms with E-state index in [2.05, 4.69) is 47.3 Å². The molecule has 0 saturated heterocycles. The number of methoxy groups -OCH3 is 2. The van der Waals surface area contributed by atoms with Crippen LogP contribution < -0.4 is 9.47 Å². The number of aryl methyl sites for hydroxylation is 2. The number of nitrogens with zero attached hydrogens (tertiary/aromatic N) is 1. The summed E-state index contributed by atoms with van der Waals surface area (Å²) in [6, 6.07) is 8.33. The average Bonchev–Trinajstić information content (AvgIpc) is 3.04. The van der Waals surface area contributed by atoms with Crippen molar-refractivity contribution in [1.82, 2.24) is 4.57 Å². The molecule has 0 amide bonds. The molecular weight excluding hydrogens is 262 g/mol. The Labute approximate surface area is 125 Å². The quantitative estimate of drug-likeness (QED) is 0.830. The molecule has 1 aromatic heterocycles. The van der Waals surface area contributed by atoms with Gasteiger partial charge in [0.1, 0.15) is 0 Å². The van der Waals surface area contributed by atoms with Crippen LogP contribution in [0.2, 0.25) is 0 Å². The van der Waals surface area contributed by atoms with E-state index in [0.29, 0.717) is 0 Å². The standard InChI is InChI=1S/C18H21NO2/c1-20-17-12-15-6-5-14(7-10-19-8-3-4-9-19)11-16(15)13-18(17)21-2/h3-4,8-9,11-13H,5-7,10H2,1-2H3. The minimum Gasteiger partial charge on any atom is -0.493 e. The van der Waals surface area contributed by atoms with Crippen LogP contribution in [-0.2, 0) is 13.0 Å². The maximum Gasteiger partial charge on any atom is 0.161 e.